The molecule has 13 heavy (non-hydrogen) atoms. The highest BCUT2D eigenvalue weighted by molar-refractivity contribution is 8.13. The third-order valence-electron chi connectivity index (χ3n) is 1.31. The predicted octanol–water partition coefficient (Wildman–Crippen LogP) is 2.37. The molecule has 0 aliphatic heterocycles. The summed E-state index contributed by atoms with van der Waals surface area (Å²) >= 11 is 1.23. The number of rotatable bonds is 2. The highest BCUT2D eigenvalue weighted by Crippen LogP contribution is 2.11. The molecule has 0 fully saturated rings. The summed E-state index contributed by atoms with van der Waals surface area (Å²) in [6.07, 6.45) is 0. The molecule has 1 aromatic rings. The number of nitrogens with two attached hydrogens (primary N) is 1. The lowest BCUT2D eigenvalue weighted by atomic mass is 10.2. The largest absolute Gasteiger partial charge is 0.379 e. The normalized spacial score (nSPS) is 9.00. The summed E-state index contributed by atoms with van der Waals surface area (Å²) < 4.78 is 12.4. The Morgan fingerprint density at radius 2 is 1.92 bits per heavy atom. The van der Waals surface area contributed by atoms with E-state index in [1.54, 1.807) is 12.1 Å². The molecule has 0 amide bonds. The lowest BCUT2D eigenvalue weighted by Crippen LogP contribution is -2.03. The van der Waals surface area contributed by atoms with Crippen molar-refractivity contribution in [3.63, 3.8) is 0 Å². The van der Waals surface area contributed by atoms with Crippen LogP contribution in [-0.2, 0) is 5.75 Å². The molecule has 0 spiro atoms. The molecule has 0 saturated carbocycles. The van der Waals surface area contributed by atoms with Gasteiger partial charge < -0.3 is 5.73 Å². The van der Waals surface area contributed by atoms with Crippen molar-refractivity contribution in [1.82, 2.24) is 0 Å². The molecular formula is C8H10ClFN2S. The van der Waals surface area contributed by atoms with Gasteiger partial charge in [0.25, 0.3) is 0 Å². The van der Waals surface area contributed by atoms with Crippen molar-refractivity contribution in [3.05, 3.63) is 35.6 Å². The maximum absolute atomic E-state index is 12.4. The molecular weight excluding hydrogens is 211 g/mol. The van der Waals surface area contributed by atoms with Crippen LogP contribution in [0.15, 0.2) is 24.3 Å². The van der Waals surface area contributed by atoms with Crippen molar-refractivity contribution >= 4 is 29.3 Å². The zero-order chi connectivity index (χ0) is 8.97. The van der Waals surface area contributed by atoms with Crippen LogP contribution in [0.5, 0.6) is 0 Å². The van der Waals surface area contributed by atoms with Crippen LogP contribution < -0.4 is 5.73 Å². The SMILES string of the molecule is Cl.N=C(N)SCc1ccc(F)cc1. The topological polar surface area (TPSA) is 49.9 Å². The van der Waals surface area contributed by atoms with Gasteiger partial charge in [-0.15, -0.1) is 12.4 Å². The molecule has 0 unspecified atom stereocenters. The Labute approximate surface area is 86.6 Å². The molecule has 2 nitrogen and oxygen atoms in total. The Balaban J connectivity index is 0.00000144. The van der Waals surface area contributed by atoms with E-state index < -0.39 is 0 Å². The molecule has 0 atom stereocenters. The van der Waals surface area contributed by atoms with Crippen LogP contribution in [-0.4, -0.2) is 5.17 Å². The molecule has 0 aliphatic carbocycles. The molecule has 0 aromatic heterocycles. The number of amidine groups is 1. The van der Waals surface area contributed by atoms with Crippen molar-refractivity contribution < 1.29 is 4.39 Å². The molecule has 0 radical (unpaired) electrons. The Hall–Kier alpha value is -0.740. The van der Waals surface area contributed by atoms with Gasteiger partial charge in [-0.2, -0.15) is 0 Å². The molecule has 0 aliphatic rings. The quantitative estimate of drug-likeness (QED) is 0.594. The van der Waals surface area contributed by atoms with Crippen LogP contribution in [0.3, 0.4) is 0 Å². The molecule has 1 rings (SSSR count). The Bertz CT molecular complexity index is 276. The fourth-order valence-corrected chi connectivity index (χ4v) is 1.26. The number of halogens is 2. The van der Waals surface area contributed by atoms with Crippen LogP contribution in [0.4, 0.5) is 4.39 Å². The van der Waals surface area contributed by atoms with Crippen molar-refractivity contribution in [2.24, 2.45) is 5.73 Å². The molecule has 3 N–H and O–H groups in total. The van der Waals surface area contributed by atoms with E-state index in [4.69, 9.17) is 11.1 Å². The first-order valence-corrected chi connectivity index (χ1v) is 4.38. The molecule has 5 heteroatoms. The Morgan fingerprint density at radius 3 is 2.38 bits per heavy atom. The minimum absolute atomic E-state index is 0. The van der Waals surface area contributed by atoms with Crippen molar-refractivity contribution in [3.8, 4) is 0 Å². The monoisotopic (exact) mass is 220 g/mol. The fourth-order valence-electron chi connectivity index (χ4n) is 0.742. The van der Waals surface area contributed by atoms with E-state index in [-0.39, 0.29) is 23.4 Å². The van der Waals surface area contributed by atoms with Crippen molar-refractivity contribution in [2.45, 2.75) is 5.75 Å². The molecule has 1 aromatic carbocycles. The number of hydrogen-bond acceptors (Lipinski definition) is 2. The van der Waals surface area contributed by atoms with E-state index in [9.17, 15) is 4.39 Å². The summed E-state index contributed by atoms with van der Waals surface area (Å²) in [6.45, 7) is 0. The maximum atomic E-state index is 12.4. The van der Waals surface area contributed by atoms with Crippen LogP contribution in [0.1, 0.15) is 5.56 Å². The van der Waals surface area contributed by atoms with Crippen LogP contribution in [0.25, 0.3) is 0 Å². The Kier molecular flexibility index (Phi) is 5.50. The standard InChI is InChI=1S/C8H9FN2S.ClH/c9-7-3-1-6(2-4-7)5-12-8(10)11;/h1-4H,5H2,(H3,10,11);1H. The first kappa shape index (κ1) is 12.3. The van der Waals surface area contributed by atoms with E-state index in [0.717, 1.165) is 5.56 Å². The van der Waals surface area contributed by atoms with E-state index in [2.05, 4.69) is 0 Å². The Morgan fingerprint density at radius 1 is 1.38 bits per heavy atom. The van der Waals surface area contributed by atoms with Gasteiger partial charge in [0.05, 0.1) is 0 Å². The maximum Gasteiger partial charge on any atom is 0.151 e. The van der Waals surface area contributed by atoms with Gasteiger partial charge >= 0.3 is 0 Å². The van der Waals surface area contributed by atoms with Gasteiger partial charge in [-0.25, -0.2) is 4.39 Å². The van der Waals surface area contributed by atoms with Gasteiger partial charge in [0, 0.05) is 5.75 Å². The van der Waals surface area contributed by atoms with Crippen molar-refractivity contribution in [2.75, 3.05) is 0 Å². The summed E-state index contributed by atoms with van der Waals surface area (Å²) in [5.41, 5.74) is 6.11. The summed E-state index contributed by atoms with van der Waals surface area (Å²) in [4.78, 5) is 0. The second-order valence-corrected chi connectivity index (χ2v) is 3.30. The third-order valence-corrected chi connectivity index (χ3v) is 2.10. The highest BCUT2D eigenvalue weighted by Gasteiger charge is 1.95. The first-order chi connectivity index (χ1) is 5.68. The zero-order valence-corrected chi connectivity index (χ0v) is 8.42. The van der Waals surface area contributed by atoms with E-state index in [0.29, 0.717) is 5.75 Å². The minimum Gasteiger partial charge on any atom is -0.379 e. The van der Waals surface area contributed by atoms with Gasteiger partial charge in [0.15, 0.2) is 5.17 Å². The minimum atomic E-state index is -0.244. The lowest BCUT2D eigenvalue weighted by Gasteiger charge is -1.98. The van der Waals surface area contributed by atoms with E-state index in [1.165, 1.54) is 23.9 Å². The lowest BCUT2D eigenvalue weighted by molar-refractivity contribution is 0.627. The van der Waals surface area contributed by atoms with Gasteiger partial charge in [-0.05, 0) is 17.7 Å². The van der Waals surface area contributed by atoms with Crippen LogP contribution in [0.2, 0.25) is 0 Å². The average Bonchev–Trinajstić information content (AvgIpc) is 2.03. The molecule has 0 bridgehead atoms. The van der Waals surface area contributed by atoms with Gasteiger partial charge in [-0.1, -0.05) is 23.9 Å². The summed E-state index contributed by atoms with van der Waals surface area (Å²) in [6, 6.07) is 6.17. The van der Waals surface area contributed by atoms with Crippen LogP contribution in [0, 0.1) is 11.2 Å². The highest BCUT2D eigenvalue weighted by atomic mass is 35.5. The average molecular weight is 221 g/mol. The van der Waals surface area contributed by atoms with Gasteiger partial charge in [0.1, 0.15) is 5.82 Å². The molecule has 0 heterocycles. The van der Waals surface area contributed by atoms with Crippen LogP contribution >= 0.6 is 24.2 Å². The van der Waals surface area contributed by atoms with E-state index in [1.807, 2.05) is 0 Å². The first-order valence-electron chi connectivity index (χ1n) is 3.40. The molecule has 72 valence electrons. The second-order valence-electron chi connectivity index (χ2n) is 2.28. The smallest absolute Gasteiger partial charge is 0.151 e. The van der Waals surface area contributed by atoms with E-state index >= 15 is 0 Å². The van der Waals surface area contributed by atoms with Gasteiger partial charge in [-0.3, -0.25) is 5.41 Å². The summed E-state index contributed by atoms with van der Waals surface area (Å²) in [5.74, 6) is 0.377. The zero-order valence-electron chi connectivity index (χ0n) is 6.79. The molecule has 0 saturated heterocycles. The third kappa shape index (κ3) is 4.75. The number of thioether (sulfide) groups is 1. The number of hydrogen-bond donors (Lipinski definition) is 2. The fraction of sp³-hybridized carbons (Fsp3) is 0.125. The number of benzene rings is 1. The summed E-state index contributed by atoms with van der Waals surface area (Å²) in [5, 5.41) is 7.04. The summed E-state index contributed by atoms with van der Waals surface area (Å²) in [7, 11) is 0. The number of nitrogens with one attached hydrogen (secondary N) is 1. The van der Waals surface area contributed by atoms with Gasteiger partial charge in [0.2, 0.25) is 0 Å². The predicted molar refractivity (Wildman–Crippen MR) is 56.9 cm³/mol. The van der Waals surface area contributed by atoms with Crippen molar-refractivity contribution in [1.29, 1.82) is 5.41 Å². The second kappa shape index (κ2) is 5.83.